The summed E-state index contributed by atoms with van der Waals surface area (Å²) in [7, 11) is 0. The Balaban J connectivity index is 1.85. The van der Waals surface area contributed by atoms with Crippen LogP contribution in [-0.4, -0.2) is 33.9 Å². The predicted octanol–water partition coefficient (Wildman–Crippen LogP) is 4.28. The molecule has 2 aromatic rings. The monoisotopic (exact) mass is 450 g/mol. The smallest absolute Gasteiger partial charge is 0.250 e. The Labute approximate surface area is 172 Å². The van der Waals surface area contributed by atoms with Crippen LogP contribution in [0.4, 0.5) is 0 Å². The second-order valence-electron chi connectivity index (χ2n) is 6.04. The number of nitrogens with zero attached hydrogens (tertiary/aromatic N) is 3. The zero-order valence-electron chi connectivity index (χ0n) is 15.8. The number of hydrogen-bond donors (Lipinski definition) is 1. The molecule has 8 heteroatoms. The van der Waals surface area contributed by atoms with Gasteiger partial charge in [0.1, 0.15) is 5.75 Å². The molecule has 1 aromatic heterocycles. The fraction of sp³-hybridized carbons (Fsp3) is 0.368. The summed E-state index contributed by atoms with van der Waals surface area (Å²) in [6.45, 7) is 7.91. The molecular formula is C19H23BrN4O2S. The van der Waals surface area contributed by atoms with E-state index in [2.05, 4.69) is 43.3 Å². The lowest BCUT2D eigenvalue weighted by molar-refractivity contribution is -0.118. The molecule has 1 atom stereocenters. The van der Waals surface area contributed by atoms with E-state index in [9.17, 15) is 4.79 Å². The lowest BCUT2D eigenvalue weighted by Gasteiger charge is -2.14. The summed E-state index contributed by atoms with van der Waals surface area (Å²) in [5, 5.41) is 4.59. The number of carbonyl (C=O) groups excluding carboxylic acids is 1. The van der Waals surface area contributed by atoms with Crippen LogP contribution in [0.5, 0.6) is 5.75 Å². The third kappa shape index (κ3) is 7.30. The highest BCUT2D eigenvalue weighted by Gasteiger charge is 2.07. The van der Waals surface area contributed by atoms with Gasteiger partial charge in [0.2, 0.25) is 0 Å². The van der Waals surface area contributed by atoms with Crippen LogP contribution in [0, 0.1) is 13.8 Å². The van der Waals surface area contributed by atoms with Gasteiger partial charge >= 0.3 is 0 Å². The molecule has 0 aliphatic rings. The van der Waals surface area contributed by atoms with Crippen molar-refractivity contribution in [1.29, 1.82) is 0 Å². The fourth-order valence-corrected chi connectivity index (χ4v) is 3.32. The van der Waals surface area contributed by atoms with Gasteiger partial charge in [0, 0.05) is 11.4 Å². The SMILES string of the molecule is CC[C@@H](C)Oc1ccc(/C=N\NC(=O)CSc2nc(C)cc(C)n2)cc1Br. The van der Waals surface area contributed by atoms with Crippen molar-refractivity contribution in [2.24, 2.45) is 5.10 Å². The van der Waals surface area contributed by atoms with Crippen molar-refractivity contribution >= 4 is 39.8 Å². The molecule has 0 unspecified atom stereocenters. The molecule has 0 saturated carbocycles. The highest BCUT2D eigenvalue weighted by atomic mass is 79.9. The van der Waals surface area contributed by atoms with E-state index in [0.717, 1.165) is 33.6 Å². The molecule has 1 heterocycles. The molecule has 2 rings (SSSR count). The Morgan fingerprint density at radius 2 is 2.04 bits per heavy atom. The standard InChI is InChI=1S/C19H23BrN4O2S/c1-5-14(4)26-17-7-6-15(9-16(17)20)10-21-24-18(25)11-27-19-22-12(2)8-13(3)23-19/h6-10,14H,5,11H2,1-4H3,(H,24,25)/b21-10-/t14-/m1/s1. The molecule has 1 aromatic carbocycles. The number of halogens is 1. The van der Waals surface area contributed by atoms with Gasteiger partial charge in [-0.25, -0.2) is 15.4 Å². The summed E-state index contributed by atoms with van der Waals surface area (Å²) in [6, 6.07) is 7.56. The minimum atomic E-state index is -0.213. The molecule has 0 saturated heterocycles. The van der Waals surface area contributed by atoms with E-state index < -0.39 is 0 Å². The van der Waals surface area contributed by atoms with Crippen LogP contribution in [0.1, 0.15) is 37.2 Å². The minimum absolute atomic E-state index is 0.152. The van der Waals surface area contributed by atoms with E-state index in [4.69, 9.17) is 4.74 Å². The number of carbonyl (C=O) groups is 1. The Hall–Kier alpha value is -1.93. The van der Waals surface area contributed by atoms with E-state index in [1.54, 1.807) is 6.21 Å². The maximum Gasteiger partial charge on any atom is 0.250 e. The first-order valence-electron chi connectivity index (χ1n) is 8.60. The van der Waals surface area contributed by atoms with Gasteiger partial charge in [-0.15, -0.1) is 0 Å². The van der Waals surface area contributed by atoms with E-state index in [1.165, 1.54) is 11.8 Å². The highest BCUT2D eigenvalue weighted by Crippen LogP contribution is 2.26. The number of benzene rings is 1. The first-order valence-corrected chi connectivity index (χ1v) is 10.4. The lowest BCUT2D eigenvalue weighted by atomic mass is 10.2. The van der Waals surface area contributed by atoms with Gasteiger partial charge in [-0.3, -0.25) is 4.79 Å². The average molecular weight is 451 g/mol. The number of nitrogens with one attached hydrogen (secondary N) is 1. The van der Waals surface area contributed by atoms with Crippen LogP contribution in [0.2, 0.25) is 0 Å². The van der Waals surface area contributed by atoms with Gasteiger partial charge in [-0.1, -0.05) is 18.7 Å². The van der Waals surface area contributed by atoms with Crippen molar-refractivity contribution in [3.8, 4) is 5.75 Å². The van der Waals surface area contributed by atoms with Crippen molar-refractivity contribution in [1.82, 2.24) is 15.4 Å². The molecule has 1 amide bonds. The third-order valence-corrected chi connectivity index (χ3v) is 5.02. The number of hydrazone groups is 1. The van der Waals surface area contributed by atoms with Crippen LogP contribution < -0.4 is 10.2 Å². The largest absolute Gasteiger partial charge is 0.490 e. The molecule has 27 heavy (non-hydrogen) atoms. The first-order chi connectivity index (χ1) is 12.9. The summed E-state index contributed by atoms with van der Waals surface area (Å²) >= 11 is 4.78. The highest BCUT2D eigenvalue weighted by molar-refractivity contribution is 9.10. The fourth-order valence-electron chi connectivity index (χ4n) is 2.09. The second kappa shape index (κ2) is 10.4. The maximum atomic E-state index is 11.9. The third-order valence-electron chi connectivity index (χ3n) is 3.56. The summed E-state index contributed by atoms with van der Waals surface area (Å²) in [4.78, 5) is 20.5. The van der Waals surface area contributed by atoms with Gasteiger partial charge in [0.05, 0.1) is 22.5 Å². The zero-order valence-corrected chi connectivity index (χ0v) is 18.2. The van der Waals surface area contributed by atoms with Crippen LogP contribution in [0.15, 0.2) is 39.0 Å². The average Bonchev–Trinajstić information content (AvgIpc) is 2.61. The van der Waals surface area contributed by atoms with E-state index >= 15 is 0 Å². The van der Waals surface area contributed by atoms with Crippen LogP contribution in [0.3, 0.4) is 0 Å². The predicted molar refractivity (Wildman–Crippen MR) is 112 cm³/mol. The van der Waals surface area contributed by atoms with Gasteiger partial charge in [-0.05, 0) is 73.0 Å². The maximum absolute atomic E-state index is 11.9. The van der Waals surface area contributed by atoms with Gasteiger partial charge < -0.3 is 4.74 Å². The number of amides is 1. The zero-order chi connectivity index (χ0) is 19.8. The second-order valence-corrected chi connectivity index (χ2v) is 7.84. The number of rotatable bonds is 8. The molecule has 6 nitrogen and oxygen atoms in total. The number of hydrogen-bond acceptors (Lipinski definition) is 6. The molecule has 144 valence electrons. The molecule has 0 aliphatic carbocycles. The van der Waals surface area contributed by atoms with E-state index in [0.29, 0.717) is 5.16 Å². The normalized spacial score (nSPS) is 12.2. The van der Waals surface area contributed by atoms with Crippen molar-refractivity contribution in [3.63, 3.8) is 0 Å². The van der Waals surface area contributed by atoms with Gasteiger partial charge in [-0.2, -0.15) is 5.10 Å². The number of aromatic nitrogens is 2. The van der Waals surface area contributed by atoms with Crippen LogP contribution in [-0.2, 0) is 4.79 Å². The minimum Gasteiger partial charge on any atom is -0.490 e. The summed E-state index contributed by atoms with van der Waals surface area (Å²) < 4.78 is 6.65. The van der Waals surface area contributed by atoms with E-state index in [1.807, 2.05) is 45.0 Å². The van der Waals surface area contributed by atoms with Crippen molar-refractivity contribution in [3.05, 3.63) is 45.7 Å². The van der Waals surface area contributed by atoms with Crippen LogP contribution in [0.25, 0.3) is 0 Å². The first kappa shape index (κ1) is 21.4. The van der Waals surface area contributed by atoms with Crippen molar-refractivity contribution < 1.29 is 9.53 Å². The van der Waals surface area contributed by atoms with Crippen molar-refractivity contribution in [2.75, 3.05) is 5.75 Å². The van der Waals surface area contributed by atoms with Gasteiger partial charge in [0.25, 0.3) is 5.91 Å². The molecule has 0 bridgehead atoms. The van der Waals surface area contributed by atoms with E-state index in [-0.39, 0.29) is 17.8 Å². The van der Waals surface area contributed by atoms with Crippen molar-refractivity contribution in [2.45, 2.75) is 45.4 Å². The number of ether oxygens (including phenoxy) is 1. The Morgan fingerprint density at radius 3 is 2.67 bits per heavy atom. The Morgan fingerprint density at radius 1 is 1.33 bits per heavy atom. The summed E-state index contributed by atoms with van der Waals surface area (Å²) in [5.41, 5.74) is 5.13. The summed E-state index contributed by atoms with van der Waals surface area (Å²) in [6.07, 6.45) is 2.68. The molecule has 0 spiro atoms. The number of thioether (sulfide) groups is 1. The molecule has 0 fully saturated rings. The molecular weight excluding hydrogens is 428 g/mol. The summed E-state index contributed by atoms with van der Waals surface area (Å²) in [5.74, 6) is 0.774. The molecule has 0 aliphatic heterocycles. The molecule has 1 N–H and O–H groups in total. The quantitative estimate of drug-likeness (QED) is 0.281. The lowest BCUT2D eigenvalue weighted by Crippen LogP contribution is -2.19. The number of aryl methyl sites for hydroxylation is 2. The van der Waals surface area contributed by atoms with Gasteiger partial charge in [0.15, 0.2) is 5.16 Å². The topological polar surface area (TPSA) is 76.5 Å². The Bertz CT molecular complexity index is 809. The molecule has 0 radical (unpaired) electrons. The Kier molecular flexibility index (Phi) is 8.24. The van der Waals surface area contributed by atoms with Crippen LogP contribution >= 0.6 is 27.7 Å².